The van der Waals surface area contributed by atoms with Crippen molar-refractivity contribution in [2.75, 3.05) is 5.75 Å². The molecule has 0 aromatic heterocycles. The molecular weight excluding hydrogens is 280 g/mol. The van der Waals surface area contributed by atoms with Crippen molar-refractivity contribution in [3.05, 3.63) is 35.9 Å². The maximum atomic E-state index is 13.2. The summed E-state index contributed by atoms with van der Waals surface area (Å²) in [5.41, 5.74) is 0.499. The van der Waals surface area contributed by atoms with Gasteiger partial charge in [0.15, 0.2) is 6.17 Å². The fourth-order valence-corrected chi connectivity index (χ4v) is 2.26. The number of alkyl halides is 4. The van der Waals surface area contributed by atoms with Gasteiger partial charge in [-0.05, 0) is 6.42 Å². The molecule has 1 nitrogen and oxygen atoms in total. The summed E-state index contributed by atoms with van der Waals surface area (Å²) >= 11 is 0.904. The summed E-state index contributed by atoms with van der Waals surface area (Å²) < 4.78 is 49.5. The highest BCUT2D eigenvalue weighted by molar-refractivity contribution is 8.14. The number of halogens is 4. The molecule has 0 amide bonds. The molecule has 106 valence electrons. The second-order valence-corrected chi connectivity index (χ2v) is 5.04. The van der Waals surface area contributed by atoms with Gasteiger partial charge in [0, 0.05) is 17.7 Å². The minimum absolute atomic E-state index is 0.115. The van der Waals surface area contributed by atoms with Crippen molar-refractivity contribution < 1.29 is 22.4 Å². The Kier molecular flexibility index (Phi) is 6.91. The molecule has 1 aromatic carbocycles. The standard InChI is InChI=1S/C13H14F4OS/c14-10(8-11(15)12(16)17)6-7-19-13(18)9-4-2-1-3-5-9/h1-5,10-12H,6-8H2. The molecule has 1 rings (SSSR count). The number of hydrogen-bond donors (Lipinski definition) is 0. The van der Waals surface area contributed by atoms with Gasteiger partial charge in [-0.15, -0.1) is 0 Å². The first-order valence-electron chi connectivity index (χ1n) is 5.79. The zero-order valence-electron chi connectivity index (χ0n) is 10.1. The number of carbonyl (C=O) groups excluding carboxylic acids is 1. The van der Waals surface area contributed by atoms with Crippen LogP contribution in [-0.2, 0) is 0 Å². The Morgan fingerprint density at radius 3 is 2.32 bits per heavy atom. The summed E-state index contributed by atoms with van der Waals surface area (Å²) in [5.74, 6) is 0.144. The van der Waals surface area contributed by atoms with Crippen LogP contribution in [0.25, 0.3) is 0 Å². The van der Waals surface area contributed by atoms with E-state index in [9.17, 15) is 22.4 Å². The van der Waals surface area contributed by atoms with E-state index >= 15 is 0 Å². The number of rotatable bonds is 7. The molecule has 0 aliphatic carbocycles. The molecule has 0 aliphatic heterocycles. The Morgan fingerprint density at radius 2 is 1.74 bits per heavy atom. The summed E-state index contributed by atoms with van der Waals surface area (Å²) in [4.78, 5) is 11.6. The van der Waals surface area contributed by atoms with Crippen molar-refractivity contribution in [3.63, 3.8) is 0 Å². The quantitative estimate of drug-likeness (QED) is 0.698. The van der Waals surface area contributed by atoms with E-state index in [1.54, 1.807) is 30.3 Å². The summed E-state index contributed by atoms with van der Waals surface area (Å²) in [6.45, 7) is 0. The molecule has 2 unspecified atom stereocenters. The molecule has 6 heteroatoms. The first-order valence-corrected chi connectivity index (χ1v) is 6.77. The minimum atomic E-state index is -3.16. The largest absolute Gasteiger partial charge is 0.282 e. The molecule has 0 aliphatic rings. The Labute approximate surface area is 113 Å². The van der Waals surface area contributed by atoms with Gasteiger partial charge in [-0.2, -0.15) is 0 Å². The SMILES string of the molecule is O=C(SCCC(F)CC(F)C(F)F)c1ccccc1. The van der Waals surface area contributed by atoms with E-state index < -0.39 is 25.2 Å². The van der Waals surface area contributed by atoms with Gasteiger partial charge in [0.25, 0.3) is 6.43 Å². The van der Waals surface area contributed by atoms with Gasteiger partial charge in [-0.1, -0.05) is 42.1 Å². The molecule has 1 aromatic rings. The van der Waals surface area contributed by atoms with E-state index in [4.69, 9.17) is 0 Å². The van der Waals surface area contributed by atoms with E-state index in [1.807, 2.05) is 0 Å². The Balaban J connectivity index is 2.25. The van der Waals surface area contributed by atoms with E-state index in [1.165, 1.54) is 0 Å². The zero-order valence-corrected chi connectivity index (χ0v) is 10.9. The lowest BCUT2D eigenvalue weighted by Gasteiger charge is -2.10. The Bertz CT molecular complexity index is 385. The lowest BCUT2D eigenvalue weighted by Crippen LogP contribution is -2.18. The average Bonchev–Trinajstić information content (AvgIpc) is 2.39. The molecule has 0 bridgehead atoms. The summed E-state index contributed by atoms with van der Waals surface area (Å²) in [7, 11) is 0. The van der Waals surface area contributed by atoms with Crippen LogP contribution in [0, 0.1) is 0 Å². The van der Waals surface area contributed by atoms with Crippen LogP contribution in [-0.4, -0.2) is 29.6 Å². The van der Waals surface area contributed by atoms with Crippen LogP contribution in [0.3, 0.4) is 0 Å². The van der Waals surface area contributed by atoms with Crippen LogP contribution in [0.1, 0.15) is 23.2 Å². The van der Waals surface area contributed by atoms with E-state index in [0.717, 1.165) is 11.8 Å². The predicted molar refractivity (Wildman–Crippen MR) is 68.3 cm³/mol. The van der Waals surface area contributed by atoms with Crippen molar-refractivity contribution in [2.24, 2.45) is 0 Å². The highest BCUT2D eigenvalue weighted by atomic mass is 32.2. The van der Waals surface area contributed by atoms with Crippen LogP contribution in [0.2, 0.25) is 0 Å². The molecule has 0 N–H and O–H groups in total. The van der Waals surface area contributed by atoms with Gasteiger partial charge in [0.1, 0.15) is 6.17 Å². The molecule has 0 saturated carbocycles. The van der Waals surface area contributed by atoms with Crippen molar-refractivity contribution in [2.45, 2.75) is 31.6 Å². The monoisotopic (exact) mass is 294 g/mol. The molecule has 0 radical (unpaired) electrons. The maximum absolute atomic E-state index is 13.2. The third kappa shape index (κ3) is 6.09. The second kappa shape index (κ2) is 8.19. The van der Waals surface area contributed by atoms with Gasteiger partial charge in [-0.3, -0.25) is 4.79 Å². The van der Waals surface area contributed by atoms with Gasteiger partial charge in [-0.25, -0.2) is 17.6 Å². The minimum Gasteiger partial charge on any atom is -0.282 e. The maximum Gasteiger partial charge on any atom is 0.269 e. The molecular formula is C13H14F4OS. The van der Waals surface area contributed by atoms with E-state index in [-0.39, 0.29) is 17.3 Å². The first kappa shape index (κ1) is 16.0. The van der Waals surface area contributed by atoms with E-state index in [2.05, 4.69) is 0 Å². The zero-order chi connectivity index (χ0) is 14.3. The van der Waals surface area contributed by atoms with Crippen molar-refractivity contribution in [1.29, 1.82) is 0 Å². The Morgan fingerprint density at radius 1 is 1.11 bits per heavy atom. The van der Waals surface area contributed by atoms with Crippen LogP contribution in [0.15, 0.2) is 30.3 Å². The summed E-state index contributed by atoms with van der Waals surface area (Å²) in [6.07, 6.45) is -8.18. The van der Waals surface area contributed by atoms with E-state index in [0.29, 0.717) is 5.56 Å². The smallest absolute Gasteiger partial charge is 0.269 e. The van der Waals surface area contributed by atoms with Gasteiger partial charge >= 0.3 is 0 Å². The fourth-order valence-electron chi connectivity index (χ4n) is 1.40. The fraction of sp³-hybridized carbons (Fsp3) is 0.462. The number of hydrogen-bond acceptors (Lipinski definition) is 2. The molecule has 2 atom stereocenters. The topological polar surface area (TPSA) is 17.1 Å². The normalized spacial score (nSPS) is 14.4. The Hall–Kier alpha value is -1.04. The molecule has 0 fully saturated rings. The number of carbonyl (C=O) groups is 1. The first-order chi connectivity index (χ1) is 9.00. The molecule has 0 heterocycles. The van der Waals surface area contributed by atoms with Gasteiger partial charge in [0.2, 0.25) is 5.12 Å². The van der Waals surface area contributed by atoms with Crippen molar-refractivity contribution in [1.82, 2.24) is 0 Å². The van der Waals surface area contributed by atoms with Gasteiger partial charge in [0.05, 0.1) is 0 Å². The number of benzene rings is 1. The lowest BCUT2D eigenvalue weighted by atomic mass is 10.1. The molecule has 0 saturated heterocycles. The lowest BCUT2D eigenvalue weighted by molar-refractivity contribution is 0.0313. The van der Waals surface area contributed by atoms with Crippen molar-refractivity contribution >= 4 is 16.9 Å². The van der Waals surface area contributed by atoms with Crippen LogP contribution in [0.4, 0.5) is 17.6 Å². The summed E-state index contributed by atoms with van der Waals surface area (Å²) in [6, 6.07) is 8.46. The third-order valence-corrected chi connectivity index (χ3v) is 3.37. The van der Waals surface area contributed by atoms with Crippen molar-refractivity contribution in [3.8, 4) is 0 Å². The average molecular weight is 294 g/mol. The van der Waals surface area contributed by atoms with Crippen LogP contribution < -0.4 is 0 Å². The predicted octanol–water partition coefficient (Wildman–Crippen LogP) is 4.28. The van der Waals surface area contributed by atoms with Crippen LogP contribution in [0.5, 0.6) is 0 Å². The van der Waals surface area contributed by atoms with Gasteiger partial charge < -0.3 is 0 Å². The second-order valence-electron chi connectivity index (χ2n) is 3.97. The number of thioether (sulfide) groups is 1. The summed E-state index contributed by atoms with van der Waals surface area (Å²) in [5, 5.41) is -0.210. The molecule has 19 heavy (non-hydrogen) atoms. The molecule has 0 spiro atoms. The van der Waals surface area contributed by atoms with Crippen LogP contribution >= 0.6 is 11.8 Å². The third-order valence-electron chi connectivity index (χ3n) is 2.43. The highest BCUT2D eigenvalue weighted by Gasteiger charge is 2.23. The highest BCUT2D eigenvalue weighted by Crippen LogP contribution is 2.19.